The highest BCUT2D eigenvalue weighted by Gasteiger charge is 2.38. The highest BCUT2D eigenvalue weighted by Crippen LogP contribution is 2.41. The summed E-state index contributed by atoms with van der Waals surface area (Å²) >= 11 is 0. The SMILES string of the molecule is CC(C)CC(CN)c1cn(C(c2ccccc2)(c2ccccc2)c2ccccc2)cn1. The quantitative estimate of drug-likeness (QED) is 0.373. The molecule has 1 unspecified atom stereocenters. The smallest absolute Gasteiger partial charge is 0.121 e. The molecule has 0 aliphatic heterocycles. The van der Waals surface area contributed by atoms with Crippen LogP contribution in [0.1, 0.15) is 48.6 Å². The number of hydrogen-bond donors (Lipinski definition) is 1. The largest absolute Gasteiger partial charge is 0.330 e. The van der Waals surface area contributed by atoms with E-state index in [-0.39, 0.29) is 5.92 Å². The number of hydrogen-bond acceptors (Lipinski definition) is 2. The van der Waals surface area contributed by atoms with E-state index in [1.54, 1.807) is 0 Å². The summed E-state index contributed by atoms with van der Waals surface area (Å²) in [7, 11) is 0. The van der Waals surface area contributed by atoms with Crippen LogP contribution < -0.4 is 5.73 Å². The maximum Gasteiger partial charge on any atom is 0.121 e. The molecular weight excluding hydrogens is 378 g/mol. The number of rotatable bonds is 8. The molecule has 4 aromatic rings. The van der Waals surface area contributed by atoms with Crippen molar-refractivity contribution in [3.05, 3.63) is 126 Å². The zero-order valence-electron chi connectivity index (χ0n) is 18.4. The van der Waals surface area contributed by atoms with Crippen LogP contribution in [-0.4, -0.2) is 16.1 Å². The Balaban J connectivity index is 1.98. The van der Waals surface area contributed by atoms with Crippen LogP contribution in [0.3, 0.4) is 0 Å². The lowest BCUT2D eigenvalue weighted by Crippen LogP contribution is -2.37. The standard InChI is InChI=1S/C28H31N3/c1-22(2)18-23(19-29)27-20-31(21-30-27)28(24-12-6-3-7-13-24,25-14-8-4-9-15-25)26-16-10-5-11-17-26/h3-17,20-23H,18-19,29H2,1-2H3. The molecule has 31 heavy (non-hydrogen) atoms. The van der Waals surface area contributed by atoms with Crippen LogP contribution in [0.25, 0.3) is 0 Å². The second kappa shape index (κ2) is 9.32. The van der Waals surface area contributed by atoms with E-state index >= 15 is 0 Å². The Morgan fingerprint density at radius 2 is 1.23 bits per heavy atom. The first kappa shape index (κ1) is 21.1. The summed E-state index contributed by atoms with van der Waals surface area (Å²) < 4.78 is 2.27. The van der Waals surface area contributed by atoms with Crippen molar-refractivity contribution in [2.24, 2.45) is 11.7 Å². The Hall–Kier alpha value is -3.17. The first-order valence-electron chi connectivity index (χ1n) is 11.1. The average Bonchev–Trinajstić information content (AvgIpc) is 3.30. The molecule has 1 atom stereocenters. The first-order chi connectivity index (χ1) is 15.2. The lowest BCUT2D eigenvalue weighted by molar-refractivity contribution is 0.492. The van der Waals surface area contributed by atoms with Gasteiger partial charge in [-0.25, -0.2) is 4.98 Å². The van der Waals surface area contributed by atoms with Crippen LogP contribution in [0, 0.1) is 5.92 Å². The van der Waals surface area contributed by atoms with E-state index in [1.165, 1.54) is 16.7 Å². The van der Waals surface area contributed by atoms with E-state index in [0.717, 1.165) is 12.1 Å². The fourth-order valence-electron chi connectivity index (χ4n) is 4.62. The Morgan fingerprint density at radius 3 is 1.61 bits per heavy atom. The number of imidazole rings is 1. The van der Waals surface area contributed by atoms with E-state index in [1.807, 2.05) is 6.33 Å². The second-order valence-corrected chi connectivity index (χ2v) is 8.58. The van der Waals surface area contributed by atoms with Crippen molar-refractivity contribution >= 4 is 0 Å². The third kappa shape index (κ3) is 4.06. The number of benzene rings is 3. The molecule has 0 bridgehead atoms. The van der Waals surface area contributed by atoms with E-state index in [9.17, 15) is 0 Å². The molecule has 3 aromatic carbocycles. The Morgan fingerprint density at radius 1 is 0.774 bits per heavy atom. The minimum atomic E-state index is -0.522. The van der Waals surface area contributed by atoms with Gasteiger partial charge in [0.1, 0.15) is 5.54 Å². The van der Waals surface area contributed by atoms with Gasteiger partial charge in [0.2, 0.25) is 0 Å². The molecule has 0 amide bonds. The van der Waals surface area contributed by atoms with E-state index < -0.39 is 5.54 Å². The van der Waals surface area contributed by atoms with Crippen molar-refractivity contribution in [2.45, 2.75) is 31.7 Å². The topological polar surface area (TPSA) is 43.8 Å². The fourth-order valence-corrected chi connectivity index (χ4v) is 4.62. The van der Waals surface area contributed by atoms with E-state index in [2.05, 4.69) is 116 Å². The Labute approximate surface area is 185 Å². The van der Waals surface area contributed by atoms with Gasteiger partial charge in [-0.1, -0.05) is 105 Å². The molecule has 0 aliphatic carbocycles. The summed E-state index contributed by atoms with van der Waals surface area (Å²) in [6.07, 6.45) is 5.21. The lowest BCUT2D eigenvalue weighted by Gasteiger charge is -2.37. The monoisotopic (exact) mass is 409 g/mol. The van der Waals surface area contributed by atoms with Crippen molar-refractivity contribution in [2.75, 3.05) is 6.54 Å². The van der Waals surface area contributed by atoms with Gasteiger partial charge in [-0.3, -0.25) is 0 Å². The minimum absolute atomic E-state index is 0.251. The minimum Gasteiger partial charge on any atom is -0.330 e. The number of nitrogens with zero attached hydrogens (tertiary/aromatic N) is 2. The third-order valence-electron chi connectivity index (χ3n) is 6.02. The molecule has 0 spiro atoms. The van der Waals surface area contributed by atoms with Gasteiger partial charge in [0.25, 0.3) is 0 Å². The van der Waals surface area contributed by atoms with Gasteiger partial charge in [-0.15, -0.1) is 0 Å². The van der Waals surface area contributed by atoms with Crippen molar-refractivity contribution in [3.63, 3.8) is 0 Å². The van der Waals surface area contributed by atoms with Crippen LogP contribution in [0.5, 0.6) is 0 Å². The Kier molecular flexibility index (Phi) is 6.34. The third-order valence-corrected chi connectivity index (χ3v) is 6.02. The van der Waals surface area contributed by atoms with E-state index in [4.69, 9.17) is 10.7 Å². The molecular formula is C28H31N3. The molecule has 0 saturated carbocycles. The maximum atomic E-state index is 6.16. The van der Waals surface area contributed by atoms with Gasteiger partial charge in [-0.2, -0.15) is 0 Å². The maximum absolute atomic E-state index is 6.16. The molecule has 4 rings (SSSR count). The summed E-state index contributed by atoms with van der Waals surface area (Å²) in [5.41, 5.74) is 10.3. The average molecular weight is 410 g/mol. The number of nitrogens with two attached hydrogens (primary N) is 1. The molecule has 0 saturated heterocycles. The van der Waals surface area contributed by atoms with Crippen molar-refractivity contribution < 1.29 is 0 Å². The van der Waals surface area contributed by atoms with Crippen LogP contribution in [0.2, 0.25) is 0 Å². The molecule has 1 heterocycles. The molecule has 3 heteroatoms. The molecule has 1 aromatic heterocycles. The summed E-state index contributed by atoms with van der Waals surface area (Å²) in [5.74, 6) is 0.821. The highest BCUT2D eigenvalue weighted by atomic mass is 15.1. The Bertz CT molecular complexity index is 972. The lowest BCUT2D eigenvalue weighted by atomic mass is 9.76. The predicted octanol–water partition coefficient (Wildman–Crippen LogP) is 5.81. The van der Waals surface area contributed by atoms with Crippen LogP contribution in [0.15, 0.2) is 104 Å². The molecule has 158 valence electrons. The number of aromatic nitrogens is 2. The van der Waals surface area contributed by atoms with Gasteiger partial charge >= 0.3 is 0 Å². The zero-order chi connectivity index (χ0) is 21.7. The summed E-state index contributed by atoms with van der Waals surface area (Å²) in [5, 5.41) is 0. The normalized spacial score (nSPS) is 12.8. The van der Waals surface area contributed by atoms with Gasteiger partial charge in [0.05, 0.1) is 12.0 Å². The van der Waals surface area contributed by atoms with Crippen LogP contribution in [0.4, 0.5) is 0 Å². The zero-order valence-corrected chi connectivity index (χ0v) is 18.4. The van der Waals surface area contributed by atoms with Gasteiger partial charge in [-0.05, 0) is 29.0 Å². The van der Waals surface area contributed by atoms with Crippen molar-refractivity contribution in [1.29, 1.82) is 0 Å². The highest BCUT2D eigenvalue weighted by molar-refractivity contribution is 5.50. The summed E-state index contributed by atoms with van der Waals surface area (Å²) in [4.78, 5) is 4.87. The van der Waals surface area contributed by atoms with Crippen LogP contribution >= 0.6 is 0 Å². The molecule has 3 nitrogen and oxygen atoms in total. The molecule has 2 N–H and O–H groups in total. The molecule has 0 fully saturated rings. The van der Waals surface area contributed by atoms with Gasteiger partial charge < -0.3 is 10.3 Å². The predicted molar refractivity (Wildman–Crippen MR) is 128 cm³/mol. The van der Waals surface area contributed by atoms with Gasteiger partial charge in [0.15, 0.2) is 0 Å². The van der Waals surface area contributed by atoms with E-state index in [0.29, 0.717) is 12.5 Å². The van der Waals surface area contributed by atoms with Crippen molar-refractivity contribution in [3.8, 4) is 0 Å². The summed E-state index contributed by atoms with van der Waals surface area (Å²) in [6.45, 7) is 5.08. The molecule has 0 radical (unpaired) electrons. The second-order valence-electron chi connectivity index (χ2n) is 8.58. The molecule has 0 aliphatic rings. The first-order valence-corrected chi connectivity index (χ1v) is 11.1. The van der Waals surface area contributed by atoms with Crippen molar-refractivity contribution in [1.82, 2.24) is 9.55 Å². The summed E-state index contributed by atoms with van der Waals surface area (Å²) in [6, 6.07) is 32.1. The van der Waals surface area contributed by atoms with Crippen LogP contribution in [-0.2, 0) is 5.54 Å². The fraction of sp³-hybridized carbons (Fsp3) is 0.250. The van der Waals surface area contributed by atoms with Gasteiger partial charge in [0, 0.05) is 18.7 Å².